The van der Waals surface area contributed by atoms with Crippen LogP contribution in [0.25, 0.3) is 6.08 Å². The molecule has 0 saturated carbocycles. The van der Waals surface area contributed by atoms with Crippen LogP contribution in [0.15, 0.2) is 18.2 Å². The molecule has 0 atom stereocenters. The molecule has 0 heterocycles. The molecule has 0 aliphatic heterocycles. The van der Waals surface area contributed by atoms with Crippen molar-refractivity contribution in [1.29, 1.82) is 0 Å². The van der Waals surface area contributed by atoms with Crippen molar-refractivity contribution in [3.63, 3.8) is 0 Å². The summed E-state index contributed by atoms with van der Waals surface area (Å²) in [5.41, 5.74) is -4.65. The lowest BCUT2D eigenvalue weighted by molar-refractivity contribution is -0.162. The summed E-state index contributed by atoms with van der Waals surface area (Å²) in [7, 11) is 0. The van der Waals surface area contributed by atoms with Crippen LogP contribution in [0.4, 0.5) is 26.3 Å². The zero-order valence-corrected chi connectivity index (χ0v) is 9.93. The van der Waals surface area contributed by atoms with Gasteiger partial charge >= 0.3 is 18.3 Å². The van der Waals surface area contributed by atoms with Gasteiger partial charge in [-0.15, -0.1) is 0 Å². The number of alkyl halides is 6. The molecule has 0 bridgehead atoms. The van der Waals surface area contributed by atoms with E-state index in [1.165, 1.54) is 0 Å². The predicted molar refractivity (Wildman–Crippen MR) is 57.9 cm³/mol. The van der Waals surface area contributed by atoms with Crippen molar-refractivity contribution >= 4 is 12.0 Å². The van der Waals surface area contributed by atoms with E-state index in [0.717, 1.165) is 13.0 Å². The van der Waals surface area contributed by atoms with E-state index in [1.807, 2.05) is 0 Å². The highest BCUT2D eigenvalue weighted by atomic mass is 19.4. The van der Waals surface area contributed by atoms with Crippen molar-refractivity contribution in [3.05, 3.63) is 40.5 Å². The zero-order chi connectivity index (χ0) is 15.7. The first-order chi connectivity index (χ1) is 8.94. The van der Waals surface area contributed by atoms with Crippen molar-refractivity contribution in [2.45, 2.75) is 19.3 Å². The molecular weight excluding hydrogens is 290 g/mol. The fraction of sp³-hybridized carbons (Fsp3) is 0.250. The van der Waals surface area contributed by atoms with Gasteiger partial charge in [0.25, 0.3) is 0 Å². The monoisotopic (exact) mass is 298 g/mol. The third-order valence-corrected chi connectivity index (χ3v) is 2.44. The minimum absolute atomic E-state index is 0.108. The van der Waals surface area contributed by atoms with Gasteiger partial charge in [0.2, 0.25) is 0 Å². The first-order valence-electron chi connectivity index (χ1n) is 5.13. The summed E-state index contributed by atoms with van der Waals surface area (Å²) in [5, 5.41) is 8.40. The van der Waals surface area contributed by atoms with E-state index < -0.39 is 35.0 Å². The van der Waals surface area contributed by atoms with Gasteiger partial charge in [-0.1, -0.05) is 6.07 Å². The van der Waals surface area contributed by atoms with Crippen LogP contribution in [0.1, 0.15) is 22.3 Å². The van der Waals surface area contributed by atoms with Crippen LogP contribution in [0.3, 0.4) is 0 Å². The Morgan fingerprint density at radius 2 is 1.65 bits per heavy atom. The number of carboxylic acid groups (broad SMARTS) is 1. The highest BCUT2D eigenvalue weighted by molar-refractivity contribution is 5.86. The van der Waals surface area contributed by atoms with Crippen LogP contribution in [0.2, 0.25) is 0 Å². The summed E-state index contributed by atoms with van der Waals surface area (Å²) in [6.45, 7) is 1.16. The molecule has 0 aliphatic rings. The number of aliphatic carboxylic acids is 1. The summed E-state index contributed by atoms with van der Waals surface area (Å²) < 4.78 is 76.5. The van der Waals surface area contributed by atoms with Crippen LogP contribution in [0, 0.1) is 6.92 Å². The Labute approximate surface area is 109 Å². The van der Waals surface area contributed by atoms with Crippen molar-refractivity contribution < 1.29 is 36.2 Å². The van der Waals surface area contributed by atoms with Gasteiger partial charge in [0.15, 0.2) is 0 Å². The number of benzene rings is 1. The molecule has 20 heavy (non-hydrogen) atoms. The third-order valence-electron chi connectivity index (χ3n) is 2.44. The second-order valence-corrected chi connectivity index (χ2v) is 3.89. The molecule has 110 valence electrons. The van der Waals surface area contributed by atoms with E-state index >= 15 is 0 Å². The molecule has 1 aromatic rings. The maximum Gasteiger partial charge on any atom is 0.417 e. The quantitative estimate of drug-likeness (QED) is 0.658. The fourth-order valence-corrected chi connectivity index (χ4v) is 1.63. The Balaban J connectivity index is 3.68. The second kappa shape index (κ2) is 5.18. The average Bonchev–Trinajstić information content (AvgIpc) is 2.23. The summed E-state index contributed by atoms with van der Waals surface area (Å²) in [5.74, 6) is -1.56. The molecule has 0 aromatic heterocycles. The van der Waals surface area contributed by atoms with Gasteiger partial charge in [-0.3, -0.25) is 0 Å². The summed E-state index contributed by atoms with van der Waals surface area (Å²) in [6, 6.07) is 1.19. The molecule has 1 aromatic carbocycles. The van der Waals surface area contributed by atoms with Crippen molar-refractivity contribution in [2.24, 2.45) is 0 Å². The Morgan fingerprint density at radius 1 is 1.10 bits per heavy atom. The lowest BCUT2D eigenvalue weighted by Crippen LogP contribution is -2.18. The smallest absolute Gasteiger partial charge is 0.417 e. The standard InChI is InChI=1S/C12H8F6O2/c1-6-2-4-8(11(13,14)15)10(12(16,17)18)7(6)3-5-9(19)20/h2-5H,1H3,(H,19,20)/b5-3+. The van der Waals surface area contributed by atoms with Crippen molar-refractivity contribution in [1.82, 2.24) is 0 Å². The van der Waals surface area contributed by atoms with E-state index in [2.05, 4.69) is 0 Å². The van der Waals surface area contributed by atoms with Gasteiger partial charge in [0.1, 0.15) is 0 Å². The van der Waals surface area contributed by atoms with Crippen LogP contribution in [-0.2, 0) is 17.1 Å². The molecule has 2 nitrogen and oxygen atoms in total. The number of rotatable bonds is 2. The highest BCUT2D eigenvalue weighted by Gasteiger charge is 2.44. The van der Waals surface area contributed by atoms with E-state index in [1.54, 1.807) is 0 Å². The molecule has 0 aliphatic carbocycles. The summed E-state index contributed by atoms with van der Waals surface area (Å²) in [6.07, 6.45) is -9.58. The normalized spacial score (nSPS) is 12.9. The van der Waals surface area contributed by atoms with Crippen LogP contribution < -0.4 is 0 Å². The third kappa shape index (κ3) is 3.52. The highest BCUT2D eigenvalue weighted by Crippen LogP contribution is 2.43. The number of hydrogen-bond donors (Lipinski definition) is 1. The zero-order valence-electron chi connectivity index (χ0n) is 9.93. The van der Waals surface area contributed by atoms with Crippen molar-refractivity contribution in [3.8, 4) is 0 Å². The van der Waals surface area contributed by atoms with E-state index in [0.29, 0.717) is 18.2 Å². The van der Waals surface area contributed by atoms with Gasteiger partial charge in [-0.05, 0) is 30.2 Å². The molecule has 0 fully saturated rings. The van der Waals surface area contributed by atoms with E-state index in [4.69, 9.17) is 5.11 Å². The molecule has 1 rings (SSSR count). The average molecular weight is 298 g/mol. The maximum atomic E-state index is 12.9. The first-order valence-corrected chi connectivity index (χ1v) is 5.13. The van der Waals surface area contributed by atoms with Crippen LogP contribution in [0.5, 0.6) is 0 Å². The Hall–Kier alpha value is -1.99. The molecule has 0 amide bonds. The lowest BCUT2D eigenvalue weighted by Gasteiger charge is -2.19. The molecule has 0 radical (unpaired) electrons. The first kappa shape index (κ1) is 16.1. The van der Waals surface area contributed by atoms with Gasteiger partial charge in [-0.2, -0.15) is 26.3 Å². The molecular formula is C12H8F6O2. The predicted octanol–water partition coefficient (Wildman–Crippen LogP) is 4.13. The largest absolute Gasteiger partial charge is 0.478 e. The topological polar surface area (TPSA) is 37.3 Å². The Morgan fingerprint density at radius 3 is 2.05 bits per heavy atom. The number of hydrogen-bond acceptors (Lipinski definition) is 1. The van der Waals surface area contributed by atoms with Crippen LogP contribution >= 0.6 is 0 Å². The minimum atomic E-state index is -5.25. The van der Waals surface area contributed by atoms with Gasteiger partial charge in [0.05, 0.1) is 11.1 Å². The van der Waals surface area contributed by atoms with E-state index in [9.17, 15) is 31.1 Å². The molecule has 0 unspecified atom stereocenters. The molecule has 8 heteroatoms. The lowest BCUT2D eigenvalue weighted by atomic mass is 9.95. The van der Waals surface area contributed by atoms with Gasteiger partial charge in [-0.25, -0.2) is 4.79 Å². The fourth-order valence-electron chi connectivity index (χ4n) is 1.63. The second-order valence-electron chi connectivity index (χ2n) is 3.89. The number of carbonyl (C=O) groups is 1. The summed E-state index contributed by atoms with van der Waals surface area (Å²) >= 11 is 0. The van der Waals surface area contributed by atoms with Gasteiger partial charge in [0, 0.05) is 6.08 Å². The van der Waals surface area contributed by atoms with Crippen molar-refractivity contribution in [2.75, 3.05) is 0 Å². The van der Waals surface area contributed by atoms with Crippen LogP contribution in [-0.4, -0.2) is 11.1 Å². The number of halogens is 6. The number of carboxylic acids is 1. The minimum Gasteiger partial charge on any atom is -0.478 e. The number of aryl methyl sites for hydroxylation is 1. The Bertz CT molecular complexity index is 554. The maximum absolute atomic E-state index is 12.9. The molecule has 0 spiro atoms. The Kier molecular flexibility index (Phi) is 4.16. The molecule has 1 N–H and O–H groups in total. The summed E-state index contributed by atoms with van der Waals surface area (Å²) in [4.78, 5) is 10.3. The van der Waals surface area contributed by atoms with E-state index in [-0.39, 0.29) is 5.56 Å². The van der Waals surface area contributed by atoms with Gasteiger partial charge < -0.3 is 5.11 Å². The SMILES string of the molecule is Cc1ccc(C(F)(F)F)c(C(F)(F)F)c1/C=C/C(=O)O. The molecule has 0 saturated heterocycles.